The summed E-state index contributed by atoms with van der Waals surface area (Å²) in [6.07, 6.45) is 8.06. The van der Waals surface area contributed by atoms with Crippen LogP contribution in [0.2, 0.25) is 0 Å². The molecule has 9 heteroatoms. The molecule has 0 bridgehead atoms. The number of halogens is 1. The summed E-state index contributed by atoms with van der Waals surface area (Å²) in [6.45, 7) is 2.17. The van der Waals surface area contributed by atoms with Crippen LogP contribution >= 0.6 is 0 Å². The average Bonchev–Trinajstić information content (AvgIpc) is 3.03. The first-order valence-corrected chi connectivity index (χ1v) is 10.6. The Morgan fingerprint density at radius 1 is 1.00 bits per heavy atom. The fraction of sp³-hybridized carbons (Fsp3) is 0.524. The molecule has 1 N–H and O–H groups in total. The maximum atomic E-state index is 14.1. The van der Waals surface area contributed by atoms with Gasteiger partial charge in [0.1, 0.15) is 12.1 Å². The van der Waals surface area contributed by atoms with Crippen LogP contribution in [-0.4, -0.2) is 47.1 Å². The highest BCUT2D eigenvalue weighted by Gasteiger charge is 2.30. The molecule has 1 aliphatic heterocycles. The highest BCUT2D eigenvalue weighted by molar-refractivity contribution is 5.71. The number of hydrogen-bond donors (Lipinski definition) is 1. The maximum Gasteiger partial charge on any atom is 0.353 e. The van der Waals surface area contributed by atoms with E-state index in [0.717, 1.165) is 25.7 Å². The van der Waals surface area contributed by atoms with Gasteiger partial charge in [-0.3, -0.25) is 10.1 Å². The van der Waals surface area contributed by atoms with Crippen LogP contribution in [0.25, 0.3) is 0 Å². The minimum absolute atomic E-state index is 0.0684. The van der Waals surface area contributed by atoms with Gasteiger partial charge in [0, 0.05) is 32.2 Å². The predicted octanol–water partition coefficient (Wildman–Crippen LogP) is 3.99. The number of nitrogens with one attached hydrogen (secondary N) is 1. The molecule has 30 heavy (non-hydrogen) atoms. The summed E-state index contributed by atoms with van der Waals surface area (Å²) >= 11 is 0. The number of hydrogen-bond acceptors (Lipinski definition) is 7. The molecule has 1 aromatic heterocycles. The van der Waals surface area contributed by atoms with Crippen LogP contribution in [0.15, 0.2) is 30.6 Å². The third kappa shape index (κ3) is 4.44. The highest BCUT2D eigenvalue weighted by Crippen LogP contribution is 2.34. The molecule has 0 amide bonds. The maximum absolute atomic E-state index is 14.1. The second-order valence-corrected chi connectivity index (χ2v) is 7.91. The number of nitro groups is 1. The molecule has 1 saturated heterocycles. The average molecular weight is 414 g/mol. The van der Waals surface area contributed by atoms with E-state index < -0.39 is 4.92 Å². The predicted molar refractivity (Wildman–Crippen MR) is 115 cm³/mol. The molecular weight excluding hydrogens is 387 g/mol. The number of para-hydroxylation sites is 1. The Hall–Kier alpha value is -2.97. The van der Waals surface area contributed by atoms with Crippen LogP contribution in [-0.2, 0) is 0 Å². The Morgan fingerprint density at radius 2 is 1.67 bits per heavy atom. The molecule has 2 heterocycles. The fourth-order valence-corrected chi connectivity index (χ4v) is 4.36. The van der Waals surface area contributed by atoms with Gasteiger partial charge >= 0.3 is 5.69 Å². The Kier molecular flexibility index (Phi) is 6.25. The third-order valence-electron chi connectivity index (χ3n) is 5.95. The van der Waals surface area contributed by atoms with Crippen molar-refractivity contribution in [1.29, 1.82) is 0 Å². The van der Waals surface area contributed by atoms with Gasteiger partial charge in [-0.1, -0.05) is 37.8 Å². The molecule has 0 unspecified atom stereocenters. The summed E-state index contributed by atoms with van der Waals surface area (Å²) in [5.41, 5.74) is 0.492. The number of piperazine rings is 1. The first-order chi connectivity index (χ1) is 14.6. The molecule has 0 radical (unpaired) electrons. The molecule has 2 aliphatic rings. The van der Waals surface area contributed by atoms with Crippen LogP contribution in [0.1, 0.15) is 38.5 Å². The lowest BCUT2D eigenvalue weighted by atomic mass is 10.1. The number of benzene rings is 1. The molecule has 1 saturated carbocycles. The van der Waals surface area contributed by atoms with E-state index in [0.29, 0.717) is 43.5 Å². The van der Waals surface area contributed by atoms with E-state index in [9.17, 15) is 14.5 Å². The molecule has 2 aromatic rings. The monoisotopic (exact) mass is 414 g/mol. The van der Waals surface area contributed by atoms with Gasteiger partial charge < -0.3 is 15.1 Å². The number of anilines is 3. The zero-order valence-electron chi connectivity index (χ0n) is 17.0. The van der Waals surface area contributed by atoms with E-state index in [1.54, 1.807) is 12.1 Å². The van der Waals surface area contributed by atoms with Crippen LogP contribution in [0.4, 0.5) is 27.4 Å². The Morgan fingerprint density at radius 3 is 2.33 bits per heavy atom. The van der Waals surface area contributed by atoms with Gasteiger partial charge in [-0.15, -0.1) is 0 Å². The lowest BCUT2D eigenvalue weighted by Crippen LogP contribution is -2.47. The van der Waals surface area contributed by atoms with Gasteiger partial charge in [-0.05, 0) is 25.0 Å². The van der Waals surface area contributed by atoms with E-state index in [1.165, 1.54) is 25.2 Å². The molecule has 2 fully saturated rings. The second-order valence-electron chi connectivity index (χ2n) is 7.91. The minimum Gasteiger partial charge on any atom is -0.366 e. The van der Waals surface area contributed by atoms with E-state index >= 15 is 0 Å². The van der Waals surface area contributed by atoms with Crippen molar-refractivity contribution in [3.63, 3.8) is 0 Å². The van der Waals surface area contributed by atoms with Crippen LogP contribution in [0, 0.1) is 15.9 Å². The van der Waals surface area contributed by atoms with Crippen LogP contribution in [0.3, 0.4) is 0 Å². The summed E-state index contributed by atoms with van der Waals surface area (Å²) in [6, 6.07) is 6.88. The summed E-state index contributed by atoms with van der Waals surface area (Å²) in [5, 5.41) is 15.2. The molecule has 1 aliphatic carbocycles. The zero-order chi connectivity index (χ0) is 20.9. The number of nitrogens with zero attached hydrogens (tertiary/aromatic N) is 5. The molecule has 160 valence electrons. The van der Waals surface area contributed by atoms with Crippen molar-refractivity contribution in [2.24, 2.45) is 0 Å². The Bertz CT molecular complexity index is 880. The zero-order valence-corrected chi connectivity index (χ0v) is 17.0. The van der Waals surface area contributed by atoms with E-state index in [4.69, 9.17) is 0 Å². The second kappa shape index (κ2) is 9.23. The van der Waals surface area contributed by atoms with Crippen molar-refractivity contribution < 1.29 is 9.31 Å². The topological polar surface area (TPSA) is 87.4 Å². The van der Waals surface area contributed by atoms with Gasteiger partial charge in [0.2, 0.25) is 11.6 Å². The lowest BCUT2D eigenvalue weighted by molar-refractivity contribution is -0.383. The summed E-state index contributed by atoms with van der Waals surface area (Å²) < 4.78 is 14.1. The largest absolute Gasteiger partial charge is 0.366 e. The number of rotatable bonds is 5. The molecule has 8 nitrogen and oxygen atoms in total. The molecule has 4 rings (SSSR count). The first kappa shape index (κ1) is 20.3. The molecular formula is C21H27FN6O2. The lowest BCUT2D eigenvalue weighted by Gasteiger charge is -2.36. The SMILES string of the molecule is O=[N+]([O-])c1c(NC2CCCCCC2)ncnc1N1CCN(c2ccccc2F)CC1. The first-order valence-electron chi connectivity index (χ1n) is 10.6. The number of aromatic nitrogens is 2. The van der Waals surface area contributed by atoms with Gasteiger partial charge in [0.05, 0.1) is 10.6 Å². The van der Waals surface area contributed by atoms with Gasteiger partial charge in [0.15, 0.2) is 0 Å². The van der Waals surface area contributed by atoms with E-state index in [-0.39, 0.29) is 17.5 Å². The molecule has 0 spiro atoms. The van der Waals surface area contributed by atoms with Crippen LogP contribution in [0.5, 0.6) is 0 Å². The molecule has 1 aromatic carbocycles. The standard InChI is InChI=1S/C21H27FN6O2/c22-17-9-5-6-10-18(17)26-11-13-27(14-12-26)21-19(28(29)30)20(23-15-24-21)25-16-7-3-1-2-4-8-16/h5-6,9-10,15-16H,1-4,7-8,11-14H2,(H,23,24,25). The van der Waals surface area contributed by atoms with Crippen molar-refractivity contribution in [3.05, 3.63) is 46.5 Å². The summed E-state index contributed by atoms with van der Waals surface area (Å²) in [7, 11) is 0. The van der Waals surface area contributed by atoms with Crippen molar-refractivity contribution in [1.82, 2.24) is 9.97 Å². The van der Waals surface area contributed by atoms with Gasteiger partial charge in [-0.2, -0.15) is 0 Å². The molecule has 0 atom stereocenters. The van der Waals surface area contributed by atoms with Crippen molar-refractivity contribution >= 4 is 23.0 Å². The summed E-state index contributed by atoms with van der Waals surface area (Å²) in [5.74, 6) is 0.376. The normalized spacial score (nSPS) is 18.2. The van der Waals surface area contributed by atoms with E-state index in [1.807, 2.05) is 15.9 Å². The quantitative estimate of drug-likeness (QED) is 0.450. The van der Waals surface area contributed by atoms with Crippen molar-refractivity contribution in [2.75, 3.05) is 41.3 Å². The van der Waals surface area contributed by atoms with Crippen molar-refractivity contribution in [3.8, 4) is 0 Å². The van der Waals surface area contributed by atoms with E-state index in [2.05, 4.69) is 15.3 Å². The fourth-order valence-electron chi connectivity index (χ4n) is 4.36. The summed E-state index contributed by atoms with van der Waals surface area (Å²) in [4.78, 5) is 23.8. The smallest absolute Gasteiger partial charge is 0.353 e. The van der Waals surface area contributed by atoms with Gasteiger partial charge in [-0.25, -0.2) is 14.4 Å². The Balaban J connectivity index is 1.51. The highest BCUT2D eigenvalue weighted by atomic mass is 19.1. The van der Waals surface area contributed by atoms with Crippen molar-refractivity contribution in [2.45, 2.75) is 44.6 Å². The minimum atomic E-state index is -0.391. The Labute approximate surface area is 175 Å². The van der Waals surface area contributed by atoms with Crippen LogP contribution < -0.4 is 15.1 Å². The van der Waals surface area contributed by atoms with Gasteiger partial charge in [0.25, 0.3) is 0 Å². The third-order valence-corrected chi connectivity index (χ3v) is 5.95.